The molecule has 3 aromatic rings. The van der Waals surface area contributed by atoms with Crippen LogP contribution in [0.4, 0.5) is 4.39 Å². The van der Waals surface area contributed by atoms with Crippen LogP contribution in [-0.2, 0) is 19.3 Å². The molecule has 0 atom stereocenters. The highest BCUT2D eigenvalue weighted by Crippen LogP contribution is 2.35. The molecule has 0 unspecified atom stereocenters. The van der Waals surface area contributed by atoms with E-state index in [2.05, 4.69) is 10.5 Å². The van der Waals surface area contributed by atoms with Gasteiger partial charge in [-0.15, -0.1) is 11.3 Å². The SMILES string of the molecule is N#CCc1c(-c2ccc(F)cc2)nc2sc3c(n12)CCCC3. The second-order valence-electron chi connectivity index (χ2n) is 5.55. The molecule has 0 amide bonds. The molecule has 0 fully saturated rings. The van der Waals surface area contributed by atoms with Crippen molar-refractivity contribution in [2.24, 2.45) is 0 Å². The molecule has 1 aliphatic rings. The third-order valence-electron chi connectivity index (χ3n) is 4.18. The maximum Gasteiger partial charge on any atom is 0.194 e. The summed E-state index contributed by atoms with van der Waals surface area (Å²) in [7, 11) is 0. The van der Waals surface area contributed by atoms with Gasteiger partial charge in [-0.25, -0.2) is 9.37 Å². The molecule has 1 aromatic carbocycles. The Bertz CT molecular complexity index is 883. The van der Waals surface area contributed by atoms with Gasteiger partial charge in [0, 0.05) is 16.1 Å². The zero-order chi connectivity index (χ0) is 15.1. The van der Waals surface area contributed by atoms with Crippen molar-refractivity contribution in [1.29, 1.82) is 5.26 Å². The lowest BCUT2D eigenvalue weighted by Gasteiger charge is -2.11. The standard InChI is InChI=1S/C17H14FN3S/c18-12-7-5-11(6-8-12)16-14(9-10-19)21-13-3-1-2-4-15(13)22-17(21)20-16/h5-8H,1-4,9H2. The normalized spacial score (nSPS) is 14.0. The molecule has 3 nitrogen and oxygen atoms in total. The van der Waals surface area contributed by atoms with Crippen LogP contribution in [0.3, 0.4) is 0 Å². The van der Waals surface area contributed by atoms with E-state index in [0.717, 1.165) is 34.8 Å². The highest BCUT2D eigenvalue weighted by atomic mass is 32.1. The number of imidazole rings is 1. The summed E-state index contributed by atoms with van der Waals surface area (Å²) in [6.45, 7) is 0. The fourth-order valence-corrected chi connectivity index (χ4v) is 4.40. The smallest absolute Gasteiger partial charge is 0.194 e. The van der Waals surface area contributed by atoms with Gasteiger partial charge < -0.3 is 0 Å². The van der Waals surface area contributed by atoms with Gasteiger partial charge in [0.2, 0.25) is 0 Å². The van der Waals surface area contributed by atoms with Gasteiger partial charge in [-0.3, -0.25) is 4.40 Å². The van der Waals surface area contributed by atoms with Crippen molar-refractivity contribution in [3.05, 3.63) is 46.3 Å². The van der Waals surface area contributed by atoms with E-state index < -0.39 is 0 Å². The first-order valence-electron chi connectivity index (χ1n) is 7.42. The fraction of sp³-hybridized carbons (Fsp3) is 0.294. The summed E-state index contributed by atoms with van der Waals surface area (Å²) >= 11 is 1.73. The Morgan fingerprint density at radius 2 is 2.00 bits per heavy atom. The largest absolute Gasteiger partial charge is 0.290 e. The first-order chi connectivity index (χ1) is 10.8. The van der Waals surface area contributed by atoms with Gasteiger partial charge in [-0.1, -0.05) is 0 Å². The molecule has 22 heavy (non-hydrogen) atoms. The van der Waals surface area contributed by atoms with Crippen LogP contribution in [0.15, 0.2) is 24.3 Å². The van der Waals surface area contributed by atoms with Crippen LogP contribution in [0, 0.1) is 17.1 Å². The van der Waals surface area contributed by atoms with E-state index in [-0.39, 0.29) is 5.82 Å². The Morgan fingerprint density at radius 1 is 1.23 bits per heavy atom. The molecule has 0 bridgehead atoms. The molecule has 110 valence electrons. The number of thiazole rings is 1. The number of aryl methyl sites for hydroxylation is 2. The molecule has 0 saturated heterocycles. The molecule has 2 heterocycles. The van der Waals surface area contributed by atoms with Crippen molar-refractivity contribution in [3.63, 3.8) is 0 Å². The molecule has 0 N–H and O–H groups in total. The van der Waals surface area contributed by atoms with Gasteiger partial charge in [0.15, 0.2) is 4.96 Å². The van der Waals surface area contributed by atoms with Gasteiger partial charge in [0.25, 0.3) is 0 Å². The minimum atomic E-state index is -0.260. The average Bonchev–Trinajstić information content (AvgIpc) is 3.05. The van der Waals surface area contributed by atoms with Crippen molar-refractivity contribution in [2.75, 3.05) is 0 Å². The Morgan fingerprint density at radius 3 is 2.77 bits per heavy atom. The average molecular weight is 311 g/mol. The number of hydrogen-bond acceptors (Lipinski definition) is 3. The molecule has 0 aliphatic heterocycles. The van der Waals surface area contributed by atoms with Gasteiger partial charge in [0.1, 0.15) is 5.82 Å². The summed E-state index contributed by atoms with van der Waals surface area (Å²) in [5, 5.41) is 9.21. The Labute approximate surface area is 131 Å². The van der Waals surface area contributed by atoms with Gasteiger partial charge in [-0.2, -0.15) is 5.26 Å². The summed E-state index contributed by atoms with van der Waals surface area (Å²) in [6, 6.07) is 8.59. The minimum Gasteiger partial charge on any atom is -0.290 e. The second-order valence-corrected chi connectivity index (χ2v) is 6.61. The van der Waals surface area contributed by atoms with Gasteiger partial charge >= 0.3 is 0 Å². The third-order valence-corrected chi connectivity index (χ3v) is 5.32. The number of aromatic nitrogens is 2. The predicted octanol–water partition coefficient (Wildman–Crippen LogP) is 4.15. The van der Waals surface area contributed by atoms with E-state index in [1.807, 2.05) is 0 Å². The van der Waals surface area contributed by atoms with Crippen molar-refractivity contribution >= 4 is 16.3 Å². The van der Waals surface area contributed by atoms with Crippen molar-refractivity contribution in [3.8, 4) is 17.3 Å². The van der Waals surface area contributed by atoms with E-state index >= 15 is 0 Å². The monoisotopic (exact) mass is 311 g/mol. The zero-order valence-electron chi connectivity index (χ0n) is 12.0. The third kappa shape index (κ3) is 2.03. The molecule has 0 radical (unpaired) electrons. The number of hydrogen-bond donors (Lipinski definition) is 0. The van der Waals surface area contributed by atoms with E-state index in [9.17, 15) is 9.65 Å². The number of nitrogens with zero attached hydrogens (tertiary/aromatic N) is 3. The van der Waals surface area contributed by atoms with Crippen LogP contribution >= 0.6 is 11.3 Å². The number of benzene rings is 1. The van der Waals surface area contributed by atoms with Crippen LogP contribution in [0.1, 0.15) is 29.1 Å². The Kier molecular flexibility index (Phi) is 3.20. The van der Waals surface area contributed by atoms with E-state index in [1.165, 1.54) is 35.5 Å². The Balaban J connectivity index is 1.95. The molecule has 2 aromatic heterocycles. The lowest BCUT2D eigenvalue weighted by molar-refractivity contribution is 0.628. The van der Waals surface area contributed by atoms with Crippen molar-refractivity contribution in [2.45, 2.75) is 32.1 Å². The van der Waals surface area contributed by atoms with Crippen LogP contribution in [-0.4, -0.2) is 9.38 Å². The van der Waals surface area contributed by atoms with E-state index in [0.29, 0.717) is 6.42 Å². The van der Waals surface area contributed by atoms with E-state index in [1.54, 1.807) is 23.5 Å². The van der Waals surface area contributed by atoms with Crippen LogP contribution in [0.5, 0.6) is 0 Å². The molecule has 0 saturated carbocycles. The van der Waals surface area contributed by atoms with Crippen molar-refractivity contribution < 1.29 is 4.39 Å². The summed E-state index contributed by atoms with van der Waals surface area (Å²) in [4.78, 5) is 7.10. The molecule has 5 heteroatoms. The van der Waals surface area contributed by atoms with Gasteiger partial charge in [0.05, 0.1) is 23.9 Å². The molecular weight excluding hydrogens is 297 g/mol. The van der Waals surface area contributed by atoms with Gasteiger partial charge in [-0.05, 0) is 49.9 Å². The van der Waals surface area contributed by atoms with Crippen LogP contribution in [0.25, 0.3) is 16.2 Å². The highest BCUT2D eigenvalue weighted by Gasteiger charge is 2.22. The summed E-state index contributed by atoms with van der Waals surface area (Å²) in [5.41, 5.74) is 3.93. The number of halogens is 1. The van der Waals surface area contributed by atoms with Crippen LogP contribution < -0.4 is 0 Å². The summed E-state index contributed by atoms with van der Waals surface area (Å²) < 4.78 is 15.3. The molecule has 1 aliphatic carbocycles. The first kappa shape index (κ1) is 13.5. The minimum absolute atomic E-state index is 0.260. The van der Waals surface area contributed by atoms with Crippen molar-refractivity contribution in [1.82, 2.24) is 9.38 Å². The highest BCUT2D eigenvalue weighted by molar-refractivity contribution is 7.17. The van der Waals surface area contributed by atoms with Crippen LogP contribution in [0.2, 0.25) is 0 Å². The van der Waals surface area contributed by atoms with E-state index in [4.69, 9.17) is 4.98 Å². The number of nitriles is 1. The lowest BCUT2D eigenvalue weighted by atomic mass is 10.0. The lowest BCUT2D eigenvalue weighted by Crippen LogP contribution is -2.05. The molecule has 0 spiro atoms. The number of fused-ring (bicyclic) bond motifs is 3. The topological polar surface area (TPSA) is 41.1 Å². The number of rotatable bonds is 2. The fourth-order valence-electron chi connectivity index (χ4n) is 3.17. The molecule has 4 rings (SSSR count). The maximum atomic E-state index is 13.1. The second kappa shape index (κ2) is 5.22. The summed E-state index contributed by atoms with van der Waals surface area (Å²) in [6.07, 6.45) is 4.90. The molecular formula is C17H14FN3S. The maximum absolute atomic E-state index is 13.1. The first-order valence-corrected chi connectivity index (χ1v) is 8.24. The predicted molar refractivity (Wildman–Crippen MR) is 84.4 cm³/mol. The summed E-state index contributed by atoms with van der Waals surface area (Å²) in [5.74, 6) is -0.260. The Hall–Kier alpha value is -2.19. The quantitative estimate of drug-likeness (QED) is 0.713. The zero-order valence-corrected chi connectivity index (χ0v) is 12.8.